The third kappa shape index (κ3) is 2.62. The van der Waals surface area contributed by atoms with Crippen molar-refractivity contribution in [1.29, 1.82) is 0 Å². The summed E-state index contributed by atoms with van der Waals surface area (Å²) in [4.78, 5) is 13.1. The number of fused-ring (bicyclic) bond motifs is 1. The van der Waals surface area contributed by atoms with E-state index in [0.717, 1.165) is 38.6 Å². The zero-order chi connectivity index (χ0) is 17.9. The summed E-state index contributed by atoms with van der Waals surface area (Å²) in [7, 11) is 0. The fraction of sp³-hybridized carbons (Fsp3) is 0.522. The molecule has 2 aromatic carbocycles. The van der Waals surface area contributed by atoms with E-state index in [2.05, 4.69) is 34.2 Å². The molecule has 0 heterocycles. The molecule has 4 saturated carbocycles. The van der Waals surface area contributed by atoms with Gasteiger partial charge in [0.15, 0.2) is 0 Å². The van der Waals surface area contributed by atoms with Crippen molar-refractivity contribution in [2.24, 2.45) is 23.2 Å². The highest BCUT2D eigenvalue weighted by atomic mass is 79.9. The zero-order valence-corrected chi connectivity index (χ0v) is 16.9. The Morgan fingerprint density at radius 2 is 1.58 bits per heavy atom. The summed E-state index contributed by atoms with van der Waals surface area (Å²) in [6.07, 6.45) is 8.29. The second-order valence-electron chi connectivity index (χ2n) is 9.12. The molecule has 2 nitrogen and oxygen atoms in total. The lowest BCUT2D eigenvalue weighted by Gasteiger charge is -2.59. The van der Waals surface area contributed by atoms with Gasteiger partial charge in [-0.3, -0.25) is 4.79 Å². The van der Waals surface area contributed by atoms with Gasteiger partial charge in [0.25, 0.3) is 5.91 Å². The predicted octanol–water partition coefficient (Wildman–Crippen LogP) is 5.94. The normalized spacial score (nSPS) is 33.4. The maximum atomic E-state index is 13.1. The first-order valence-corrected chi connectivity index (χ1v) is 10.8. The number of nitrogens with one attached hydrogen (secondary N) is 1. The van der Waals surface area contributed by atoms with E-state index < -0.39 is 0 Å². The number of hydrogen-bond donors (Lipinski definition) is 1. The largest absolute Gasteiger partial charge is 0.349 e. The molecular weight excluding hydrogens is 386 g/mol. The van der Waals surface area contributed by atoms with Crippen molar-refractivity contribution in [3.8, 4) is 0 Å². The fourth-order valence-electron chi connectivity index (χ4n) is 6.61. The van der Waals surface area contributed by atoms with Crippen molar-refractivity contribution in [2.45, 2.75) is 51.5 Å². The number of benzene rings is 2. The first-order chi connectivity index (χ1) is 12.5. The number of amides is 1. The SMILES string of the molecule is C[C@@H](NC(=O)c1cccc2c(Br)cccc12)C12CC3CC(CC(C3)C1)C2. The van der Waals surface area contributed by atoms with Crippen LogP contribution in [0.2, 0.25) is 0 Å². The molecule has 136 valence electrons. The molecule has 0 unspecified atom stereocenters. The minimum absolute atomic E-state index is 0.0805. The van der Waals surface area contributed by atoms with Gasteiger partial charge in [0, 0.05) is 16.1 Å². The molecule has 4 aliphatic carbocycles. The van der Waals surface area contributed by atoms with Crippen molar-refractivity contribution in [2.75, 3.05) is 0 Å². The van der Waals surface area contributed by atoms with E-state index in [9.17, 15) is 4.79 Å². The van der Waals surface area contributed by atoms with Gasteiger partial charge in [0.2, 0.25) is 0 Å². The van der Waals surface area contributed by atoms with Crippen LogP contribution in [-0.4, -0.2) is 11.9 Å². The van der Waals surface area contributed by atoms with Crippen LogP contribution < -0.4 is 5.32 Å². The quantitative estimate of drug-likeness (QED) is 0.665. The maximum Gasteiger partial charge on any atom is 0.252 e. The van der Waals surface area contributed by atoms with Crippen LogP contribution >= 0.6 is 15.9 Å². The predicted molar refractivity (Wildman–Crippen MR) is 109 cm³/mol. The van der Waals surface area contributed by atoms with Gasteiger partial charge in [-0.05, 0) is 91.5 Å². The van der Waals surface area contributed by atoms with Crippen molar-refractivity contribution in [3.05, 3.63) is 46.4 Å². The molecule has 4 aliphatic rings. The Kier molecular flexibility index (Phi) is 3.93. The van der Waals surface area contributed by atoms with Gasteiger partial charge in [0.05, 0.1) is 0 Å². The molecule has 0 spiro atoms. The Morgan fingerprint density at radius 1 is 1.00 bits per heavy atom. The van der Waals surface area contributed by atoms with E-state index in [1.807, 2.05) is 30.3 Å². The van der Waals surface area contributed by atoms with Gasteiger partial charge in [0.1, 0.15) is 0 Å². The van der Waals surface area contributed by atoms with Gasteiger partial charge in [-0.15, -0.1) is 0 Å². The van der Waals surface area contributed by atoms with Crippen LogP contribution in [0.25, 0.3) is 10.8 Å². The summed E-state index contributed by atoms with van der Waals surface area (Å²) in [6.45, 7) is 2.26. The Labute approximate surface area is 163 Å². The fourth-order valence-corrected chi connectivity index (χ4v) is 7.10. The van der Waals surface area contributed by atoms with E-state index in [1.54, 1.807) is 0 Å². The number of halogens is 1. The second kappa shape index (κ2) is 6.09. The highest BCUT2D eigenvalue weighted by Gasteiger charge is 2.53. The molecule has 1 atom stereocenters. The van der Waals surface area contributed by atoms with Crippen LogP contribution in [0.15, 0.2) is 40.9 Å². The summed E-state index contributed by atoms with van der Waals surface area (Å²) in [6, 6.07) is 12.3. The summed E-state index contributed by atoms with van der Waals surface area (Å²) in [5.74, 6) is 2.81. The Balaban J connectivity index is 1.42. The lowest BCUT2D eigenvalue weighted by molar-refractivity contribution is -0.0687. The molecule has 0 radical (unpaired) electrons. The van der Waals surface area contributed by atoms with E-state index in [1.165, 1.54) is 38.5 Å². The molecular formula is C23H26BrNO. The Bertz CT molecular complexity index is 838. The lowest BCUT2D eigenvalue weighted by atomic mass is 9.48. The third-order valence-corrected chi connectivity index (χ3v) is 8.16. The molecule has 3 heteroatoms. The van der Waals surface area contributed by atoms with E-state index in [4.69, 9.17) is 0 Å². The van der Waals surface area contributed by atoms with Crippen LogP contribution in [0.4, 0.5) is 0 Å². The first-order valence-electron chi connectivity index (χ1n) is 10.0. The zero-order valence-electron chi connectivity index (χ0n) is 15.3. The lowest BCUT2D eigenvalue weighted by Crippen LogP contribution is -2.55. The minimum Gasteiger partial charge on any atom is -0.349 e. The molecule has 4 bridgehead atoms. The van der Waals surface area contributed by atoms with Gasteiger partial charge >= 0.3 is 0 Å². The van der Waals surface area contributed by atoms with E-state index in [-0.39, 0.29) is 11.9 Å². The van der Waals surface area contributed by atoms with Gasteiger partial charge in [-0.1, -0.05) is 40.2 Å². The van der Waals surface area contributed by atoms with Gasteiger partial charge in [-0.25, -0.2) is 0 Å². The topological polar surface area (TPSA) is 29.1 Å². The van der Waals surface area contributed by atoms with Crippen molar-refractivity contribution in [1.82, 2.24) is 5.32 Å². The van der Waals surface area contributed by atoms with Crippen molar-refractivity contribution < 1.29 is 4.79 Å². The number of carbonyl (C=O) groups is 1. The average Bonchev–Trinajstić information content (AvgIpc) is 2.60. The summed E-state index contributed by atoms with van der Waals surface area (Å²) in [5.41, 5.74) is 1.13. The Morgan fingerprint density at radius 3 is 2.23 bits per heavy atom. The van der Waals surface area contributed by atoms with Crippen LogP contribution in [0, 0.1) is 23.2 Å². The van der Waals surface area contributed by atoms with Crippen LogP contribution in [0.5, 0.6) is 0 Å². The van der Waals surface area contributed by atoms with E-state index >= 15 is 0 Å². The van der Waals surface area contributed by atoms with Crippen molar-refractivity contribution >= 4 is 32.6 Å². The molecule has 1 amide bonds. The van der Waals surface area contributed by atoms with Crippen LogP contribution in [-0.2, 0) is 0 Å². The summed E-state index contributed by atoms with van der Waals surface area (Å²) >= 11 is 3.61. The monoisotopic (exact) mass is 411 g/mol. The minimum atomic E-state index is 0.0805. The Hall–Kier alpha value is -1.35. The third-order valence-electron chi connectivity index (χ3n) is 7.47. The van der Waals surface area contributed by atoms with Gasteiger partial charge in [-0.2, -0.15) is 0 Å². The molecule has 4 fully saturated rings. The number of rotatable bonds is 3. The molecule has 0 aliphatic heterocycles. The molecule has 0 saturated heterocycles. The number of hydrogen-bond acceptors (Lipinski definition) is 1. The standard InChI is InChI=1S/C23H26BrNO/c1-14(23-11-15-8-16(12-23)10-17(9-15)13-23)25-22(26)20-6-2-5-19-18(20)4-3-7-21(19)24/h2-7,14-17H,8-13H2,1H3,(H,25,26)/t14-,15?,16?,17?,23?/m1/s1. The maximum absolute atomic E-state index is 13.1. The average molecular weight is 412 g/mol. The molecule has 26 heavy (non-hydrogen) atoms. The smallest absolute Gasteiger partial charge is 0.252 e. The van der Waals surface area contributed by atoms with Gasteiger partial charge < -0.3 is 5.32 Å². The summed E-state index contributed by atoms with van der Waals surface area (Å²) < 4.78 is 1.04. The van der Waals surface area contributed by atoms with E-state index in [0.29, 0.717) is 5.41 Å². The van der Waals surface area contributed by atoms with Crippen LogP contribution in [0.3, 0.4) is 0 Å². The summed E-state index contributed by atoms with van der Waals surface area (Å²) in [5, 5.41) is 5.54. The van der Waals surface area contributed by atoms with Crippen LogP contribution in [0.1, 0.15) is 55.8 Å². The highest BCUT2D eigenvalue weighted by molar-refractivity contribution is 9.10. The molecule has 6 rings (SSSR count). The molecule has 2 aromatic rings. The highest BCUT2D eigenvalue weighted by Crippen LogP contribution is 2.61. The van der Waals surface area contributed by atoms with Crippen molar-refractivity contribution in [3.63, 3.8) is 0 Å². The molecule has 0 aromatic heterocycles. The first kappa shape index (κ1) is 16.8. The molecule has 1 N–H and O–H groups in total. The second-order valence-corrected chi connectivity index (χ2v) is 9.97. The number of carbonyl (C=O) groups excluding carboxylic acids is 1.